The van der Waals surface area contributed by atoms with Crippen LogP contribution in [-0.4, -0.2) is 65.6 Å². The SMILES string of the molecule is O=C(Cc1ccccn1)N1CC2CCC1CN(C1CCOCC1)C2. The van der Waals surface area contributed by atoms with Crippen LogP contribution in [-0.2, 0) is 16.0 Å². The van der Waals surface area contributed by atoms with Gasteiger partial charge in [0.15, 0.2) is 0 Å². The van der Waals surface area contributed by atoms with Crippen molar-refractivity contribution in [3.63, 3.8) is 0 Å². The first-order chi connectivity index (χ1) is 11.8. The Bertz CT molecular complexity index is 559. The predicted molar refractivity (Wildman–Crippen MR) is 91.6 cm³/mol. The van der Waals surface area contributed by atoms with Crippen LogP contribution in [0.15, 0.2) is 24.4 Å². The highest BCUT2D eigenvalue weighted by atomic mass is 16.5. The fourth-order valence-electron chi connectivity index (χ4n) is 4.53. The molecule has 24 heavy (non-hydrogen) atoms. The predicted octanol–water partition coefficient (Wildman–Crippen LogP) is 1.73. The topological polar surface area (TPSA) is 45.7 Å². The van der Waals surface area contributed by atoms with E-state index in [1.165, 1.54) is 6.42 Å². The number of piperidine rings is 1. The van der Waals surface area contributed by atoms with Crippen LogP contribution in [0.5, 0.6) is 0 Å². The van der Waals surface area contributed by atoms with Crippen LogP contribution in [0, 0.1) is 5.92 Å². The molecule has 5 heterocycles. The average molecular weight is 329 g/mol. The van der Waals surface area contributed by atoms with Gasteiger partial charge >= 0.3 is 0 Å². The maximum Gasteiger partial charge on any atom is 0.228 e. The minimum Gasteiger partial charge on any atom is -0.381 e. The van der Waals surface area contributed by atoms with Gasteiger partial charge in [0.25, 0.3) is 0 Å². The Morgan fingerprint density at radius 2 is 1.96 bits per heavy atom. The molecule has 5 nitrogen and oxygen atoms in total. The van der Waals surface area contributed by atoms with E-state index in [0.717, 1.165) is 57.8 Å². The molecule has 0 N–H and O–H groups in total. The number of hydrogen-bond donors (Lipinski definition) is 0. The average Bonchev–Trinajstić information content (AvgIpc) is 2.95. The minimum atomic E-state index is 0.247. The maximum absolute atomic E-state index is 12.8. The molecule has 2 atom stereocenters. The molecular formula is C19H27N3O2. The van der Waals surface area contributed by atoms with E-state index in [1.54, 1.807) is 6.20 Å². The van der Waals surface area contributed by atoms with Crippen LogP contribution in [0.2, 0.25) is 0 Å². The molecule has 1 aromatic heterocycles. The fraction of sp³-hybridized carbons (Fsp3) is 0.684. The summed E-state index contributed by atoms with van der Waals surface area (Å²) in [4.78, 5) is 22.0. The Morgan fingerprint density at radius 1 is 1.08 bits per heavy atom. The summed E-state index contributed by atoms with van der Waals surface area (Å²) in [5.74, 6) is 0.872. The summed E-state index contributed by atoms with van der Waals surface area (Å²) < 4.78 is 5.52. The third kappa shape index (κ3) is 3.47. The monoisotopic (exact) mass is 329 g/mol. The van der Waals surface area contributed by atoms with Crippen molar-refractivity contribution in [2.45, 2.75) is 44.2 Å². The second-order valence-electron chi connectivity index (χ2n) is 7.44. The Morgan fingerprint density at radius 3 is 2.75 bits per heavy atom. The largest absolute Gasteiger partial charge is 0.381 e. The van der Waals surface area contributed by atoms with Crippen molar-refractivity contribution < 1.29 is 9.53 Å². The molecule has 0 saturated carbocycles. The first-order valence-electron chi connectivity index (χ1n) is 9.31. The highest BCUT2D eigenvalue weighted by Gasteiger charge is 2.39. The van der Waals surface area contributed by atoms with Crippen molar-refractivity contribution in [1.29, 1.82) is 0 Å². The Kier molecular flexibility index (Phi) is 4.81. The summed E-state index contributed by atoms with van der Waals surface area (Å²) >= 11 is 0. The number of pyridine rings is 1. The molecule has 5 heteroatoms. The fourth-order valence-corrected chi connectivity index (χ4v) is 4.53. The first kappa shape index (κ1) is 16.0. The van der Waals surface area contributed by atoms with Crippen LogP contribution < -0.4 is 0 Å². The number of rotatable bonds is 3. The molecular weight excluding hydrogens is 302 g/mol. The van der Waals surface area contributed by atoms with Crippen LogP contribution in [0.25, 0.3) is 0 Å². The Labute approximate surface area is 144 Å². The van der Waals surface area contributed by atoms with Crippen LogP contribution in [0.3, 0.4) is 0 Å². The molecule has 0 aliphatic carbocycles. The third-order valence-corrected chi connectivity index (χ3v) is 5.83. The highest BCUT2D eigenvalue weighted by molar-refractivity contribution is 5.78. The zero-order valence-electron chi connectivity index (χ0n) is 14.3. The molecule has 0 radical (unpaired) electrons. The quantitative estimate of drug-likeness (QED) is 0.847. The summed E-state index contributed by atoms with van der Waals surface area (Å²) in [5.41, 5.74) is 0.879. The lowest BCUT2D eigenvalue weighted by atomic mass is 9.94. The van der Waals surface area contributed by atoms with E-state index in [4.69, 9.17) is 4.74 Å². The number of hydrogen-bond acceptors (Lipinski definition) is 4. The van der Waals surface area contributed by atoms with Crippen molar-refractivity contribution in [3.05, 3.63) is 30.1 Å². The molecule has 0 aromatic carbocycles. The van der Waals surface area contributed by atoms with Crippen molar-refractivity contribution in [2.24, 2.45) is 5.92 Å². The molecule has 4 aliphatic rings. The normalized spacial score (nSPS) is 28.8. The Hall–Kier alpha value is -1.46. The van der Waals surface area contributed by atoms with E-state index in [9.17, 15) is 4.79 Å². The van der Waals surface area contributed by atoms with Gasteiger partial charge in [-0.15, -0.1) is 0 Å². The molecule has 1 aromatic rings. The summed E-state index contributed by atoms with van der Waals surface area (Å²) in [6.45, 7) is 4.89. The lowest BCUT2D eigenvalue weighted by molar-refractivity contribution is -0.134. The van der Waals surface area contributed by atoms with Gasteiger partial charge in [-0.3, -0.25) is 14.7 Å². The van der Waals surface area contributed by atoms with Gasteiger partial charge in [0, 0.05) is 56.8 Å². The second-order valence-corrected chi connectivity index (χ2v) is 7.44. The van der Waals surface area contributed by atoms with Crippen molar-refractivity contribution >= 4 is 5.91 Å². The van der Waals surface area contributed by atoms with Crippen LogP contribution in [0.1, 0.15) is 31.4 Å². The van der Waals surface area contributed by atoms with E-state index in [2.05, 4.69) is 14.8 Å². The Balaban J connectivity index is 1.43. The molecule has 5 rings (SSSR count). The number of amides is 1. The number of fused-ring (bicyclic) bond motifs is 4. The summed E-state index contributed by atoms with van der Waals surface area (Å²) in [5, 5.41) is 0. The molecule has 4 fully saturated rings. The number of nitrogens with zero attached hydrogens (tertiary/aromatic N) is 3. The summed E-state index contributed by atoms with van der Waals surface area (Å²) in [7, 11) is 0. The van der Waals surface area contributed by atoms with Gasteiger partial charge in [0.05, 0.1) is 6.42 Å². The lowest BCUT2D eigenvalue weighted by Gasteiger charge is -2.37. The highest BCUT2D eigenvalue weighted by Crippen LogP contribution is 2.31. The van der Waals surface area contributed by atoms with Gasteiger partial charge in [-0.2, -0.15) is 0 Å². The second kappa shape index (κ2) is 7.19. The number of carbonyl (C=O) groups is 1. The smallest absolute Gasteiger partial charge is 0.228 e. The third-order valence-electron chi connectivity index (χ3n) is 5.83. The van der Waals surface area contributed by atoms with Crippen molar-refractivity contribution in [2.75, 3.05) is 32.8 Å². The van der Waals surface area contributed by atoms with Crippen LogP contribution in [0.4, 0.5) is 0 Å². The zero-order chi connectivity index (χ0) is 16.4. The van der Waals surface area contributed by atoms with E-state index in [-0.39, 0.29) is 5.91 Å². The molecule has 0 spiro atoms. The van der Waals surface area contributed by atoms with Gasteiger partial charge in [0.1, 0.15) is 0 Å². The van der Waals surface area contributed by atoms with Crippen LogP contribution >= 0.6 is 0 Å². The molecule has 2 unspecified atom stereocenters. The molecule has 4 aliphatic heterocycles. The zero-order valence-corrected chi connectivity index (χ0v) is 14.3. The van der Waals surface area contributed by atoms with E-state index in [1.807, 2.05) is 18.2 Å². The molecule has 1 amide bonds. The molecule has 4 saturated heterocycles. The first-order valence-corrected chi connectivity index (χ1v) is 9.31. The molecule has 130 valence electrons. The number of carbonyl (C=O) groups excluding carboxylic acids is 1. The van der Waals surface area contributed by atoms with Gasteiger partial charge in [-0.1, -0.05) is 6.07 Å². The standard InChI is InChI=1S/C19H27N3O2/c23-19(11-16-3-1-2-8-20-16)22-13-15-4-5-18(22)14-21(12-15)17-6-9-24-10-7-17/h1-3,8,15,17-18H,4-7,9-14H2. The van der Waals surface area contributed by atoms with Gasteiger partial charge in [-0.25, -0.2) is 0 Å². The van der Waals surface area contributed by atoms with E-state index >= 15 is 0 Å². The summed E-state index contributed by atoms with van der Waals surface area (Å²) in [6, 6.07) is 6.82. The van der Waals surface area contributed by atoms with E-state index < -0.39 is 0 Å². The van der Waals surface area contributed by atoms with Gasteiger partial charge < -0.3 is 9.64 Å². The van der Waals surface area contributed by atoms with Gasteiger partial charge in [0.2, 0.25) is 5.91 Å². The van der Waals surface area contributed by atoms with Gasteiger partial charge in [-0.05, 0) is 43.7 Å². The number of ether oxygens (including phenoxy) is 1. The van der Waals surface area contributed by atoms with Crippen molar-refractivity contribution in [3.8, 4) is 0 Å². The molecule has 2 bridgehead atoms. The lowest BCUT2D eigenvalue weighted by Crippen LogP contribution is -2.49. The van der Waals surface area contributed by atoms with Crippen molar-refractivity contribution in [1.82, 2.24) is 14.8 Å². The van der Waals surface area contributed by atoms with E-state index in [0.29, 0.717) is 24.4 Å². The maximum atomic E-state index is 12.8. The summed E-state index contributed by atoms with van der Waals surface area (Å²) in [6.07, 6.45) is 6.89. The number of aromatic nitrogens is 1. The minimum absolute atomic E-state index is 0.247.